The van der Waals surface area contributed by atoms with Gasteiger partial charge in [-0.25, -0.2) is 0 Å². The minimum Gasteiger partial charge on any atom is -0.377 e. The first kappa shape index (κ1) is 25.5. The van der Waals surface area contributed by atoms with E-state index in [1.807, 2.05) is 0 Å². The van der Waals surface area contributed by atoms with E-state index in [1.165, 1.54) is 5.56 Å². The average Bonchev–Trinajstić information content (AvgIpc) is 2.66. The molecule has 0 aliphatic heterocycles. The van der Waals surface area contributed by atoms with Crippen LogP contribution in [0.5, 0.6) is 0 Å². The molecule has 4 nitrogen and oxygen atoms in total. The van der Waals surface area contributed by atoms with E-state index in [0.29, 0.717) is 16.6 Å². The van der Waals surface area contributed by atoms with E-state index in [9.17, 15) is 0 Å². The quantitative estimate of drug-likeness (QED) is 0.366. The molecule has 0 unspecified atom stereocenters. The molecule has 0 radical (unpaired) electrons. The van der Waals surface area contributed by atoms with Crippen LogP contribution in [-0.4, -0.2) is 49.5 Å². The highest BCUT2D eigenvalue weighted by Crippen LogP contribution is 2.44. The molecule has 0 saturated heterocycles. The Morgan fingerprint density at radius 1 is 0.786 bits per heavy atom. The number of benzene rings is 1. The fourth-order valence-electron chi connectivity index (χ4n) is 5.35. The molecule has 0 aromatic heterocycles. The molecule has 0 bridgehead atoms. The minimum atomic E-state index is -2.53. The second-order valence-electron chi connectivity index (χ2n) is 8.66. The van der Waals surface area contributed by atoms with Gasteiger partial charge in [-0.1, -0.05) is 71.9 Å². The second-order valence-corrected chi connectivity index (χ2v) is 17.6. The van der Waals surface area contributed by atoms with Gasteiger partial charge in [0, 0.05) is 33.9 Å². The molecular formula is C22H43NO3Si2. The molecule has 0 amide bonds. The number of hydrogen-bond acceptors (Lipinski definition) is 4. The van der Waals surface area contributed by atoms with Crippen LogP contribution in [0.25, 0.3) is 0 Å². The highest BCUT2D eigenvalue weighted by atomic mass is 28.4. The fourth-order valence-corrected chi connectivity index (χ4v) is 14.2. The molecule has 0 aliphatic carbocycles. The Morgan fingerprint density at radius 3 is 1.64 bits per heavy atom. The summed E-state index contributed by atoms with van der Waals surface area (Å²) in [7, 11) is 0.846. The summed E-state index contributed by atoms with van der Waals surface area (Å²) >= 11 is 0. The number of rotatable bonds is 13. The van der Waals surface area contributed by atoms with Crippen LogP contribution in [0.2, 0.25) is 22.7 Å². The first-order valence-electron chi connectivity index (χ1n) is 10.6. The van der Waals surface area contributed by atoms with E-state index >= 15 is 0 Å². The predicted octanol–water partition coefficient (Wildman–Crippen LogP) is 5.93. The zero-order chi connectivity index (χ0) is 21.4. The first-order chi connectivity index (χ1) is 13.2. The molecule has 0 N–H and O–H groups in total. The molecule has 6 heteroatoms. The van der Waals surface area contributed by atoms with Gasteiger partial charge in [0.25, 0.3) is 0 Å². The van der Waals surface area contributed by atoms with E-state index in [-0.39, 0.29) is 0 Å². The zero-order valence-corrected chi connectivity index (χ0v) is 21.6. The van der Waals surface area contributed by atoms with Crippen molar-refractivity contribution in [2.45, 2.75) is 77.2 Å². The maximum Gasteiger partial charge on any atom is 0.500 e. The lowest BCUT2D eigenvalue weighted by Crippen LogP contribution is -2.60. The lowest BCUT2D eigenvalue weighted by atomic mass is 10.2. The Hall–Kier alpha value is -0.506. The van der Waals surface area contributed by atoms with Gasteiger partial charge in [0.1, 0.15) is 8.24 Å². The Balaban J connectivity index is 3.17. The second kappa shape index (κ2) is 11.6. The topological polar surface area (TPSA) is 30.9 Å². The van der Waals surface area contributed by atoms with Gasteiger partial charge in [0.15, 0.2) is 0 Å². The predicted molar refractivity (Wildman–Crippen MR) is 124 cm³/mol. The van der Waals surface area contributed by atoms with Gasteiger partial charge in [0.05, 0.1) is 0 Å². The Labute approximate surface area is 176 Å². The third kappa shape index (κ3) is 5.77. The molecule has 28 heavy (non-hydrogen) atoms. The van der Waals surface area contributed by atoms with Crippen LogP contribution >= 0.6 is 0 Å². The van der Waals surface area contributed by atoms with Gasteiger partial charge in [-0.05, 0) is 35.2 Å². The van der Waals surface area contributed by atoms with Crippen LogP contribution in [0, 0.1) is 0 Å². The van der Waals surface area contributed by atoms with Crippen molar-refractivity contribution in [2.24, 2.45) is 0 Å². The Kier molecular flexibility index (Phi) is 10.6. The highest BCUT2D eigenvalue weighted by molar-refractivity contribution is 6.80. The van der Waals surface area contributed by atoms with Crippen molar-refractivity contribution in [3.05, 3.63) is 35.9 Å². The van der Waals surface area contributed by atoms with Crippen LogP contribution in [0.3, 0.4) is 0 Å². The van der Waals surface area contributed by atoms with E-state index in [1.54, 1.807) is 21.3 Å². The summed E-state index contributed by atoms with van der Waals surface area (Å²) < 4.78 is 19.8. The van der Waals surface area contributed by atoms with Crippen molar-refractivity contribution in [3.63, 3.8) is 0 Å². The molecule has 0 aliphatic rings. The van der Waals surface area contributed by atoms with E-state index in [4.69, 9.17) is 13.3 Å². The van der Waals surface area contributed by atoms with Gasteiger partial charge in [-0.2, -0.15) is 0 Å². The molecule has 162 valence electrons. The van der Waals surface area contributed by atoms with Crippen molar-refractivity contribution in [2.75, 3.05) is 27.9 Å². The normalized spacial score (nSPS) is 13.3. The van der Waals surface area contributed by atoms with Gasteiger partial charge in [0.2, 0.25) is 0 Å². The summed E-state index contributed by atoms with van der Waals surface area (Å²) in [6.07, 6.45) is 1.02. The van der Waals surface area contributed by atoms with E-state index in [0.717, 1.165) is 25.6 Å². The molecule has 1 rings (SSSR count). The van der Waals surface area contributed by atoms with Crippen molar-refractivity contribution in [1.82, 2.24) is 4.57 Å². The van der Waals surface area contributed by atoms with Crippen molar-refractivity contribution < 1.29 is 13.3 Å². The summed E-state index contributed by atoms with van der Waals surface area (Å²) in [5.74, 6) is 0. The molecule has 0 fully saturated rings. The SMILES string of the molecule is CO[Si](CCCN(Cc1ccccc1)[Si](C(C)C)(C(C)C)C(C)C)(OC)OC. The van der Waals surface area contributed by atoms with Gasteiger partial charge < -0.3 is 17.8 Å². The van der Waals surface area contributed by atoms with Crippen LogP contribution in [-0.2, 0) is 19.8 Å². The van der Waals surface area contributed by atoms with Crippen molar-refractivity contribution in [1.29, 1.82) is 0 Å². The standard InChI is InChI=1S/C22H43NO3Si2/c1-19(2)28(20(3)4,21(5)6)23(18-22-14-11-10-12-15-22)16-13-17-27(24-7,25-8)26-9/h10-12,14-15,19-21H,13,16-18H2,1-9H3. The zero-order valence-electron chi connectivity index (χ0n) is 19.6. The number of hydrogen-bond donors (Lipinski definition) is 0. The van der Waals surface area contributed by atoms with Gasteiger partial charge >= 0.3 is 8.80 Å². The van der Waals surface area contributed by atoms with Crippen LogP contribution < -0.4 is 0 Å². The molecule has 0 heterocycles. The van der Waals surface area contributed by atoms with Gasteiger partial charge in [-0.15, -0.1) is 0 Å². The highest BCUT2D eigenvalue weighted by Gasteiger charge is 2.48. The summed E-state index contributed by atoms with van der Waals surface area (Å²) in [4.78, 5) is 0. The first-order valence-corrected chi connectivity index (χ1v) is 14.8. The Bertz CT molecular complexity index is 518. The lowest BCUT2D eigenvalue weighted by molar-refractivity contribution is 0.122. The van der Waals surface area contributed by atoms with Crippen LogP contribution in [0.4, 0.5) is 0 Å². The summed E-state index contributed by atoms with van der Waals surface area (Å²) in [6, 6.07) is 11.8. The van der Waals surface area contributed by atoms with Crippen molar-refractivity contribution >= 4 is 17.0 Å². The maximum absolute atomic E-state index is 5.65. The molecule has 0 spiro atoms. The summed E-state index contributed by atoms with van der Waals surface area (Å²) in [5, 5.41) is 0. The largest absolute Gasteiger partial charge is 0.500 e. The third-order valence-electron chi connectivity index (χ3n) is 6.38. The molecule has 0 atom stereocenters. The van der Waals surface area contributed by atoms with Crippen LogP contribution in [0.15, 0.2) is 30.3 Å². The fraction of sp³-hybridized carbons (Fsp3) is 0.727. The molecule has 1 aromatic carbocycles. The van der Waals surface area contributed by atoms with E-state index < -0.39 is 17.0 Å². The van der Waals surface area contributed by atoms with Crippen LogP contribution in [0.1, 0.15) is 53.5 Å². The summed E-state index contributed by atoms with van der Waals surface area (Å²) in [5.41, 5.74) is 3.46. The van der Waals surface area contributed by atoms with E-state index in [2.05, 4.69) is 76.4 Å². The molecular weight excluding hydrogens is 382 g/mol. The molecule has 1 aromatic rings. The number of nitrogens with zero attached hydrogens (tertiary/aromatic N) is 1. The third-order valence-corrected chi connectivity index (χ3v) is 16.2. The average molecular weight is 426 g/mol. The minimum absolute atomic E-state index is 0.686. The Morgan fingerprint density at radius 2 is 1.25 bits per heavy atom. The monoisotopic (exact) mass is 425 g/mol. The summed E-state index contributed by atoms with van der Waals surface area (Å²) in [6.45, 7) is 16.7. The lowest BCUT2D eigenvalue weighted by Gasteiger charge is -2.51. The van der Waals surface area contributed by atoms with Gasteiger partial charge in [-0.3, -0.25) is 0 Å². The smallest absolute Gasteiger partial charge is 0.377 e. The van der Waals surface area contributed by atoms with Crippen molar-refractivity contribution in [3.8, 4) is 0 Å². The maximum atomic E-state index is 5.65. The molecule has 0 saturated carbocycles.